The van der Waals surface area contributed by atoms with Crippen molar-refractivity contribution in [1.29, 1.82) is 0 Å². The number of carbonyl (C=O) groups is 1. The highest BCUT2D eigenvalue weighted by atomic mass is 19.1. The Labute approximate surface area is 147 Å². The molecule has 0 aliphatic rings. The molecular weight excluding hydrogens is 305 g/mol. The van der Waals surface area contributed by atoms with Gasteiger partial charge in [-0.25, -0.2) is 4.39 Å². The lowest BCUT2D eigenvalue weighted by molar-refractivity contribution is -0.129. The van der Waals surface area contributed by atoms with Crippen LogP contribution in [0.2, 0.25) is 0 Å². The number of amides is 1. The Morgan fingerprint density at radius 3 is 2.42 bits per heavy atom. The Morgan fingerprint density at radius 1 is 1.25 bits per heavy atom. The molecule has 0 aliphatic carbocycles. The Hall–Kier alpha value is -1.58. The van der Waals surface area contributed by atoms with Crippen LogP contribution in [0.4, 0.5) is 4.39 Å². The Balaban J connectivity index is 5.02. The fourth-order valence-corrected chi connectivity index (χ4v) is 2.43. The third kappa shape index (κ3) is 8.32. The van der Waals surface area contributed by atoms with Crippen molar-refractivity contribution in [2.75, 3.05) is 13.7 Å². The SMILES string of the molecule is C/C=C(/F)C/C=C\CC/C(C)=C(\OCCC)C(CC)N(C)C(C)=O. The monoisotopic (exact) mass is 339 g/mol. The number of rotatable bonds is 11. The second kappa shape index (κ2) is 12.8. The van der Waals surface area contributed by atoms with Gasteiger partial charge >= 0.3 is 0 Å². The van der Waals surface area contributed by atoms with Gasteiger partial charge in [0.25, 0.3) is 0 Å². The molecule has 138 valence electrons. The number of hydrogen-bond acceptors (Lipinski definition) is 2. The third-order valence-electron chi connectivity index (χ3n) is 4.01. The van der Waals surface area contributed by atoms with Crippen LogP contribution in [0.25, 0.3) is 0 Å². The summed E-state index contributed by atoms with van der Waals surface area (Å²) in [5.41, 5.74) is 1.15. The Morgan fingerprint density at radius 2 is 1.92 bits per heavy atom. The maximum Gasteiger partial charge on any atom is 0.219 e. The lowest BCUT2D eigenvalue weighted by atomic mass is 10.0. The van der Waals surface area contributed by atoms with Crippen molar-refractivity contribution in [3.05, 3.63) is 35.4 Å². The molecule has 24 heavy (non-hydrogen) atoms. The van der Waals surface area contributed by atoms with Crippen molar-refractivity contribution >= 4 is 5.91 Å². The van der Waals surface area contributed by atoms with Crippen LogP contribution < -0.4 is 0 Å². The summed E-state index contributed by atoms with van der Waals surface area (Å²) in [6, 6.07) is -0.0292. The predicted octanol–water partition coefficient (Wildman–Crippen LogP) is 5.54. The molecule has 0 saturated carbocycles. The molecule has 3 nitrogen and oxygen atoms in total. The van der Waals surface area contributed by atoms with Gasteiger partial charge in [0.1, 0.15) is 5.76 Å². The van der Waals surface area contributed by atoms with Crippen molar-refractivity contribution in [3.8, 4) is 0 Å². The maximum atomic E-state index is 13.0. The van der Waals surface area contributed by atoms with E-state index in [2.05, 4.69) is 20.8 Å². The number of hydrogen-bond donors (Lipinski definition) is 0. The van der Waals surface area contributed by atoms with Gasteiger partial charge in [-0.05, 0) is 45.1 Å². The van der Waals surface area contributed by atoms with Crippen LogP contribution >= 0.6 is 0 Å². The molecule has 0 fully saturated rings. The molecule has 1 unspecified atom stereocenters. The second-order valence-electron chi connectivity index (χ2n) is 6.00. The normalized spacial score (nSPS) is 14.5. The molecule has 0 bridgehead atoms. The molecule has 4 heteroatoms. The molecule has 0 aromatic heterocycles. The van der Waals surface area contributed by atoms with Crippen molar-refractivity contribution in [2.45, 2.75) is 72.8 Å². The average Bonchev–Trinajstić information content (AvgIpc) is 2.57. The van der Waals surface area contributed by atoms with Crippen LogP contribution in [0.5, 0.6) is 0 Å². The first-order chi connectivity index (χ1) is 11.4. The Bertz CT molecular complexity index is 466. The number of nitrogens with zero attached hydrogens (tertiary/aromatic N) is 1. The summed E-state index contributed by atoms with van der Waals surface area (Å²) in [6.45, 7) is 10.1. The highest BCUT2D eigenvalue weighted by Gasteiger charge is 2.22. The number of halogens is 1. The van der Waals surface area contributed by atoms with E-state index in [1.807, 2.05) is 19.2 Å². The summed E-state index contributed by atoms with van der Waals surface area (Å²) in [5, 5.41) is 0. The van der Waals surface area contributed by atoms with Crippen molar-refractivity contribution in [2.24, 2.45) is 0 Å². The van der Waals surface area contributed by atoms with Gasteiger partial charge in [-0.3, -0.25) is 4.79 Å². The van der Waals surface area contributed by atoms with Crippen LogP contribution in [0, 0.1) is 0 Å². The van der Waals surface area contributed by atoms with E-state index >= 15 is 0 Å². The number of likely N-dealkylation sites (N-methyl/N-ethyl adjacent to an activating group) is 1. The molecule has 0 aromatic rings. The van der Waals surface area contributed by atoms with Crippen LogP contribution in [0.15, 0.2) is 35.4 Å². The number of allylic oxidation sites excluding steroid dienone is 5. The molecule has 0 rings (SSSR count). The first kappa shape index (κ1) is 22.4. The highest BCUT2D eigenvalue weighted by Crippen LogP contribution is 2.22. The van der Waals surface area contributed by atoms with Crippen LogP contribution in [0.1, 0.15) is 66.7 Å². The average molecular weight is 339 g/mol. The van der Waals surface area contributed by atoms with Gasteiger partial charge in [0.15, 0.2) is 0 Å². The zero-order valence-electron chi connectivity index (χ0n) is 16.2. The van der Waals surface area contributed by atoms with E-state index in [0.717, 1.165) is 37.0 Å². The Kier molecular flexibility index (Phi) is 12.0. The van der Waals surface area contributed by atoms with Crippen molar-refractivity contribution in [3.63, 3.8) is 0 Å². The molecule has 0 spiro atoms. The topological polar surface area (TPSA) is 29.5 Å². The van der Waals surface area contributed by atoms with E-state index in [-0.39, 0.29) is 17.8 Å². The van der Waals surface area contributed by atoms with Crippen LogP contribution in [0.3, 0.4) is 0 Å². The van der Waals surface area contributed by atoms with Gasteiger partial charge in [-0.2, -0.15) is 0 Å². The lowest BCUT2D eigenvalue weighted by Crippen LogP contribution is -2.37. The predicted molar refractivity (Wildman–Crippen MR) is 99.3 cm³/mol. The van der Waals surface area contributed by atoms with Crippen molar-refractivity contribution in [1.82, 2.24) is 4.90 Å². The zero-order chi connectivity index (χ0) is 18.5. The van der Waals surface area contributed by atoms with Crippen LogP contribution in [-0.4, -0.2) is 30.5 Å². The second-order valence-corrected chi connectivity index (χ2v) is 6.00. The summed E-state index contributed by atoms with van der Waals surface area (Å²) in [7, 11) is 1.82. The summed E-state index contributed by atoms with van der Waals surface area (Å²) >= 11 is 0. The van der Waals surface area contributed by atoms with E-state index in [1.54, 1.807) is 18.7 Å². The first-order valence-corrected chi connectivity index (χ1v) is 8.90. The molecule has 0 N–H and O–H groups in total. The summed E-state index contributed by atoms with van der Waals surface area (Å²) in [6.07, 6.45) is 9.11. The quantitative estimate of drug-likeness (QED) is 0.365. The highest BCUT2D eigenvalue weighted by molar-refractivity contribution is 5.73. The fraction of sp³-hybridized carbons (Fsp3) is 0.650. The minimum atomic E-state index is -0.111. The summed E-state index contributed by atoms with van der Waals surface area (Å²) in [4.78, 5) is 13.5. The minimum Gasteiger partial charge on any atom is -0.496 e. The molecule has 1 amide bonds. The summed E-state index contributed by atoms with van der Waals surface area (Å²) < 4.78 is 19.0. The molecular formula is C20H34FNO2. The number of carbonyl (C=O) groups excluding carboxylic acids is 1. The van der Waals surface area contributed by atoms with Gasteiger partial charge in [-0.15, -0.1) is 0 Å². The van der Waals surface area contributed by atoms with Gasteiger partial charge in [0.2, 0.25) is 5.91 Å². The van der Waals surface area contributed by atoms with Gasteiger partial charge in [-0.1, -0.05) is 32.1 Å². The molecule has 0 saturated heterocycles. The summed E-state index contributed by atoms with van der Waals surface area (Å²) in [5.74, 6) is 0.832. The molecule has 0 aromatic carbocycles. The molecule has 0 aliphatic heterocycles. The van der Waals surface area contributed by atoms with E-state index in [4.69, 9.17) is 4.74 Å². The third-order valence-corrected chi connectivity index (χ3v) is 4.01. The zero-order valence-corrected chi connectivity index (χ0v) is 16.2. The molecule has 0 heterocycles. The standard InChI is InChI=1S/C20H34FNO2/c1-7-15-24-20(19(9-3)22(6)17(5)23)16(4)13-11-10-12-14-18(21)8-2/h8,10,12,19H,7,9,11,13-15H2,1-6H3/b12-10-,18-8+,20-16-. The smallest absolute Gasteiger partial charge is 0.219 e. The van der Waals surface area contributed by atoms with Gasteiger partial charge < -0.3 is 9.64 Å². The van der Waals surface area contributed by atoms with Crippen LogP contribution in [-0.2, 0) is 9.53 Å². The van der Waals surface area contributed by atoms with E-state index in [1.165, 1.54) is 6.08 Å². The van der Waals surface area contributed by atoms with Gasteiger partial charge in [0, 0.05) is 20.4 Å². The maximum absolute atomic E-state index is 13.0. The lowest BCUT2D eigenvalue weighted by Gasteiger charge is -2.30. The fourth-order valence-electron chi connectivity index (χ4n) is 2.43. The van der Waals surface area contributed by atoms with Gasteiger partial charge in [0.05, 0.1) is 18.5 Å². The molecule has 0 radical (unpaired) electrons. The first-order valence-electron chi connectivity index (χ1n) is 8.90. The molecule has 1 atom stereocenters. The number of ether oxygens (including phenoxy) is 1. The van der Waals surface area contributed by atoms with E-state index in [0.29, 0.717) is 13.0 Å². The van der Waals surface area contributed by atoms with E-state index in [9.17, 15) is 9.18 Å². The van der Waals surface area contributed by atoms with Crippen molar-refractivity contribution < 1.29 is 13.9 Å². The largest absolute Gasteiger partial charge is 0.496 e. The van der Waals surface area contributed by atoms with E-state index < -0.39 is 0 Å². The minimum absolute atomic E-state index is 0.0292.